The second-order valence-electron chi connectivity index (χ2n) is 9.67. The number of hydrogen-bond donors (Lipinski definition) is 3. The monoisotopic (exact) mass is 514 g/mol. The first-order valence-electron chi connectivity index (χ1n) is 12.3. The summed E-state index contributed by atoms with van der Waals surface area (Å²) >= 11 is 0. The minimum absolute atomic E-state index is 0.0443. The second kappa shape index (κ2) is 9.25. The smallest absolute Gasteiger partial charge is 0.354 e. The van der Waals surface area contributed by atoms with Crippen LogP contribution in [0.25, 0.3) is 5.82 Å². The summed E-state index contributed by atoms with van der Waals surface area (Å²) in [5.74, 6) is 0.610. The summed E-state index contributed by atoms with van der Waals surface area (Å²) in [7, 11) is 0. The highest BCUT2D eigenvalue weighted by Crippen LogP contribution is 2.33. The summed E-state index contributed by atoms with van der Waals surface area (Å²) < 4.78 is 1.67. The largest absolute Gasteiger partial charge is 0.477 e. The van der Waals surface area contributed by atoms with E-state index in [1.165, 1.54) is 6.07 Å². The summed E-state index contributed by atoms with van der Waals surface area (Å²) in [6.07, 6.45) is 6.92. The lowest BCUT2D eigenvalue weighted by atomic mass is 10.1. The molecule has 3 N–H and O–H groups in total. The molecule has 4 aromatic heterocycles. The van der Waals surface area contributed by atoms with Crippen molar-refractivity contribution in [1.29, 1.82) is 0 Å². The number of hydrogen-bond acceptors (Lipinski definition) is 9. The first-order chi connectivity index (χ1) is 18.3. The molecular formula is C25H26N10O3. The molecule has 2 saturated heterocycles. The van der Waals surface area contributed by atoms with E-state index in [0.29, 0.717) is 42.1 Å². The molecule has 6 heterocycles. The van der Waals surface area contributed by atoms with Crippen molar-refractivity contribution in [2.45, 2.75) is 38.8 Å². The van der Waals surface area contributed by atoms with Crippen LogP contribution < -0.4 is 10.2 Å². The molecule has 2 bridgehead atoms. The van der Waals surface area contributed by atoms with Crippen molar-refractivity contribution in [3.05, 3.63) is 65.4 Å². The van der Waals surface area contributed by atoms with Gasteiger partial charge in [-0.2, -0.15) is 15.2 Å². The number of aromatic carboxylic acids is 1. The number of piperazine rings is 1. The zero-order chi connectivity index (χ0) is 26.4. The van der Waals surface area contributed by atoms with Crippen molar-refractivity contribution >= 4 is 29.5 Å². The van der Waals surface area contributed by atoms with Crippen LogP contribution >= 0.6 is 0 Å². The predicted molar refractivity (Wildman–Crippen MR) is 137 cm³/mol. The van der Waals surface area contributed by atoms with E-state index in [2.05, 4.69) is 35.6 Å². The molecule has 2 aliphatic rings. The van der Waals surface area contributed by atoms with Crippen molar-refractivity contribution in [2.24, 2.45) is 0 Å². The Labute approximate surface area is 217 Å². The maximum absolute atomic E-state index is 13.5. The number of anilines is 3. The maximum atomic E-state index is 13.5. The number of nitrogens with one attached hydrogen (secondary N) is 2. The lowest BCUT2D eigenvalue weighted by Gasteiger charge is -2.41. The summed E-state index contributed by atoms with van der Waals surface area (Å²) in [5.41, 5.74) is 2.29. The Kier molecular flexibility index (Phi) is 5.74. The lowest BCUT2D eigenvalue weighted by molar-refractivity contribution is 0.0639. The van der Waals surface area contributed by atoms with Gasteiger partial charge >= 0.3 is 5.97 Å². The Morgan fingerprint density at radius 3 is 2.45 bits per heavy atom. The van der Waals surface area contributed by atoms with Crippen LogP contribution in [0.5, 0.6) is 0 Å². The first-order valence-corrected chi connectivity index (χ1v) is 12.3. The van der Waals surface area contributed by atoms with Gasteiger partial charge in [-0.1, -0.05) is 0 Å². The van der Waals surface area contributed by atoms with E-state index < -0.39 is 5.97 Å². The van der Waals surface area contributed by atoms with Gasteiger partial charge in [0.25, 0.3) is 5.91 Å². The third-order valence-corrected chi connectivity index (χ3v) is 6.84. The summed E-state index contributed by atoms with van der Waals surface area (Å²) in [6, 6.07) is 6.66. The molecule has 2 fully saturated rings. The molecule has 0 saturated carbocycles. The highest BCUT2D eigenvalue weighted by Gasteiger charge is 2.43. The van der Waals surface area contributed by atoms with E-state index >= 15 is 0 Å². The van der Waals surface area contributed by atoms with Gasteiger partial charge in [-0.25, -0.2) is 19.4 Å². The van der Waals surface area contributed by atoms with Crippen molar-refractivity contribution in [3.8, 4) is 5.82 Å². The molecule has 38 heavy (non-hydrogen) atoms. The number of nitrogens with zero attached hydrogens (tertiary/aromatic N) is 8. The number of H-pyrrole nitrogens is 1. The Balaban J connectivity index is 1.21. The second-order valence-corrected chi connectivity index (χ2v) is 9.67. The van der Waals surface area contributed by atoms with E-state index in [0.717, 1.165) is 24.1 Å². The molecule has 13 heteroatoms. The number of aryl methyl sites for hydroxylation is 2. The number of pyridine rings is 1. The molecule has 4 aromatic rings. The Hall–Kier alpha value is -4.81. The molecule has 0 radical (unpaired) electrons. The lowest BCUT2D eigenvalue weighted by Crippen LogP contribution is -2.56. The zero-order valence-electron chi connectivity index (χ0n) is 20.9. The zero-order valence-corrected chi connectivity index (χ0v) is 20.9. The SMILES string of the molecule is Cc1cnn(-c2ccc(C(=O)N3C4CCC3CN(c3nc(Nc5cc(C)[nH]n5)cc(C(=O)O)n3)C4)cn2)c1. The number of aromatic amines is 1. The van der Waals surface area contributed by atoms with Crippen LogP contribution in [0.2, 0.25) is 0 Å². The standard InChI is InChI=1S/C25H26N10O3/c1-14-9-27-34(11-14)22-6-3-16(10-26-22)23(36)35-17-4-5-18(35)13-33(12-17)25-28-19(24(37)38)8-20(30-25)29-21-7-15(2)31-32-21/h3,6-11,17-18H,4-5,12-13H2,1-2H3,(H,37,38)(H2,28,29,30,31,32). The molecule has 0 spiro atoms. The van der Waals surface area contributed by atoms with Crippen LogP contribution in [0, 0.1) is 13.8 Å². The maximum Gasteiger partial charge on any atom is 0.354 e. The van der Waals surface area contributed by atoms with Crippen molar-refractivity contribution in [1.82, 2.24) is 39.8 Å². The van der Waals surface area contributed by atoms with Crippen molar-refractivity contribution < 1.29 is 14.7 Å². The quantitative estimate of drug-likeness (QED) is 0.349. The number of carboxylic acids is 1. The molecule has 6 rings (SSSR count). The Bertz CT molecular complexity index is 1500. The number of aromatic nitrogens is 7. The fraction of sp³-hybridized carbons (Fsp3) is 0.320. The van der Waals surface area contributed by atoms with Gasteiger partial charge in [0.05, 0.1) is 23.8 Å². The first kappa shape index (κ1) is 23.6. The highest BCUT2D eigenvalue weighted by atomic mass is 16.4. The molecule has 2 atom stereocenters. The number of amides is 1. The van der Waals surface area contributed by atoms with E-state index in [4.69, 9.17) is 0 Å². The number of carbonyl (C=O) groups is 2. The molecule has 0 aliphatic carbocycles. The van der Waals surface area contributed by atoms with Gasteiger partial charge in [-0.3, -0.25) is 9.89 Å². The molecule has 13 nitrogen and oxygen atoms in total. The van der Waals surface area contributed by atoms with Crippen LogP contribution in [0.1, 0.15) is 44.9 Å². The van der Waals surface area contributed by atoms with E-state index in [-0.39, 0.29) is 23.7 Å². The highest BCUT2D eigenvalue weighted by molar-refractivity contribution is 5.95. The predicted octanol–water partition coefficient (Wildman–Crippen LogP) is 2.33. The van der Waals surface area contributed by atoms with Gasteiger partial charge in [0, 0.05) is 43.3 Å². The van der Waals surface area contributed by atoms with Crippen LogP contribution in [-0.2, 0) is 0 Å². The molecule has 1 amide bonds. The summed E-state index contributed by atoms with van der Waals surface area (Å²) in [4.78, 5) is 42.4. The number of carbonyl (C=O) groups excluding carboxylic acids is 1. The van der Waals surface area contributed by atoms with Crippen molar-refractivity contribution in [3.63, 3.8) is 0 Å². The van der Waals surface area contributed by atoms with Gasteiger partial charge in [0.1, 0.15) is 5.82 Å². The third-order valence-electron chi connectivity index (χ3n) is 6.84. The molecule has 0 aromatic carbocycles. The molecule has 194 valence electrons. The van der Waals surface area contributed by atoms with E-state index in [9.17, 15) is 14.7 Å². The average Bonchev–Trinajstić information content (AvgIpc) is 3.60. The topological polar surface area (TPSA) is 158 Å². The van der Waals surface area contributed by atoms with Gasteiger partial charge in [0.15, 0.2) is 17.3 Å². The number of fused-ring (bicyclic) bond motifs is 2. The number of rotatable bonds is 6. The summed E-state index contributed by atoms with van der Waals surface area (Å²) in [6.45, 7) is 4.83. The Morgan fingerprint density at radius 2 is 1.84 bits per heavy atom. The minimum Gasteiger partial charge on any atom is -0.477 e. The normalized spacial score (nSPS) is 18.6. The molecular weight excluding hydrogens is 488 g/mol. The fourth-order valence-electron chi connectivity index (χ4n) is 5.10. The van der Waals surface area contributed by atoms with Gasteiger partial charge in [-0.05, 0) is 44.4 Å². The van der Waals surface area contributed by atoms with Crippen LogP contribution in [0.15, 0.2) is 42.9 Å². The minimum atomic E-state index is -1.15. The van der Waals surface area contributed by atoms with Gasteiger partial charge in [-0.15, -0.1) is 0 Å². The third kappa shape index (κ3) is 4.42. The van der Waals surface area contributed by atoms with E-state index in [1.807, 2.05) is 29.8 Å². The van der Waals surface area contributed by atoms with Gasteiger partial charge < -0.3 is 20.2 Å². The molecule has 2 unspecified atom stereocenters. The number of carboxylic acid groups (broad SMARTS) is 1. The van der Waals surface area contributed by atoms with Crippen molar-refractivity contribution in [2.75, 3.05) is 23.3 Å². The van der Waals surface area contributed by atoms with Crippen LogP contribution in [0.3, 0.4) is 0 Å². The fourth-order valence-corrected chi connectivity index (χ4v) is 5.10. The Morgan fingerprint density at radius 1 is 1.05 bits per heavy atom. The average molecular weight is 515 g/mol. The molecule has 2 aliphatic heterocycles. The van der Waals surface area contributed by atoms with E-state index in [1.54, 1.807) is 35.3 Å². The van der Waals surface area contributed by atoms with Crippen LogP contribution in [-0.4, -0.2) is 82.0 Å². The summed E-state index contributed by atoms with van der Waals surface area (Å²) in [5, 5.41) is 23.9. The van der Waals surface area contributed by atoms with Crippen LogP contribution in [0.4, 0.5) is 17.6 Å². The van der Waals surface area contributed by atoms with Gasteiger partial charge in [0.2, 0.25) is 5.95 Å².